The zero-order valence-electron chi connectivity index (χ0n) is 8.64. The standard InChI is InChI=1S/C7H7ClNO2S.Na.3H2O/c1-9(8)12(10,11)7-5-3-2-4-6-7;;;;/h2-6H,1H2;;3*1H2/q-1;+1;;;. The van der Waals surface area contributed by atoms with E-state index in [2.05, 4.69) is 7.05 Å². The Morgan fingerprint density at radius 1 is 1.06 bits per heavy atom. The van der Waals surface area contributed by atoms with E-state index in [0.29, 0.717) is 3.82 Å². The number of halogens is 1. The smallest absolute Gasteiger partial charge is 0.412 e. The van der Waals surface area contributed by atoms with Gasteiger partial charge in [0.05, 0.1) is 4.90 Å². The third-order valence-corrected chi connectivity index (χ3v) is 3.24. The van der Waals surface area contributed by atoms with E-state index in [1.54, 1.807) is 18.2 Å². The Morgan fingerprint density at radius 3 is 1.75 bits per heavy atom. The van der Waals surface area contributed by atoms with Crippen LogP contribution in [0.2, 0.25) is 0 Å². The van der Waals surface area contributed by atoms with Crippen LogP contribution in [0.25, 0.3) is 0 Å². The molecule has 0 amide bonds. The van der Waals surface area contributed by atoms with Crippen molar-refractivity contribution in [3.8, 4) is 0 Å². The van der Waals surface area contributed by atoms with E-state index in [4.69, 9.17) is 11.8 Å². The predicted octanol–water partition coefficient (Wildman–Crippen LogP) is -3.85. The van der Waals surface area contributed by atoms with E-state index in [-0.39, 0.29) is 50.9 Å². The summed E-state index contributed by atoms with van der Waals surface area (Å²) in [6.45, 7) is 0. The number of hydrogen-bond acceptors (Lipinski definition) is 2. The van der Waals surface area contributed by atoms with Gasteiger partial charge in [0.1, 0.15) is 0 Å². The SMILES string of the molecule is O.O.O.[CH2-]N(Cl)S(=O)(=O)c1ccccc1.[Na+]. The molecule has 0 bridgehead atoms. The van der Waals surface area contributed by atoms with Crippen molar-refractivity contribution in [2.45, 2.75) is 4.90 Å². The van der Waals surface area contributed by atoms with Gasteiger partial charge < -0.3 is 16.4 Å². The van der Waals surface area contributed by atoms with Crippen LogP contribution in [0.3, 0.4) is 0 Å². The topological polar surface area (TPSA) is 132 Å². The molecule has 1 aromatic carbocycles. The van der Waals surface area contributed by atoms with Crippen LogP contribution in [-0.4, -0.2) is 28.7 Å². The number of sulfonamides is 1. The summed E-state index contributed by atoms with van der Waals surface area (Å²) in [7, 11) is -0.492. The van der Waals surface area contributed by atoms with Crippen LogP contribution < -0.4 is 29.6 Å². The molecule has 1 rings (SSSR count). The molecule has 1 aromatic rings. The quantitative estimate of drug-likeness (QED) is 0.312. The Bertz CT molecular complexity index is 358. The summed E-state index contributed by atoms with van der Waals surface area (Å²) in [5.41, 5.74) is 0. The predicted molar refractivity (Wildman–Crippen MR) is 57.5 cm³/mol. The van der Waals surface area contributed by atoms with Gasteiger partial charge in [-0.15, -0.1) is 0 Å². The van der Waals surface area contributed by atoms with Crippen molar-refractivity contribution in [1.82, 2.24) is 3.82 Å². The molecule has 0 saturated carbocycles. The van der Waals surface area contributed by atoms with Crippen LogP contribution in [0.5, 0.6) is 0 Å². The molecule has 0 aliphatic carbocycles. The van der Waals surface area contributed by atoms with Crippen LogP contribution in [0, 0.1) is 7.05 Å². The summed E-state index contributed by atoms with van der Waals surface area (Å²) in [6, 6.07) is 7.87. The van der Waals surface area contributed by atoms with Gasteiger partial charge in [0.25, 0.3) is 0 Å². The molecule has 0 atom stereocenters. The minimum Gasteiger partial charge on any atom is -0.412 e. The van der Waals surface area contributed by atoms with Gasteiger partial charge in [-0.25, -0.2) is 15.5 Å². The van der Waals surface area contributed by atoms with Crippen molar-refractivity contribution in [3.05, 3.63) is 37.4 Å². The maximum absolute atomic E-state index is 11.3. The van der Waals surface area contributed by atoms with Gasteiger partial charge in [0, 0.05) is 0 Å². The fraction of sp³-hybridized carbons (Fsp3) is 0. The molecule has 6 N–H and O–H groups in total. The molecule has 0 fully saturated rings. The zero-order chi connectivity index (χ0) is 9.19. The normalized spacial score (nSPS) is 8.94. The maximum Gasteiger partial charge on any atom is 1.00 e. The average Bonchev–Trinajstić information content (AvgIpc) is 2.06. The van der Waals surface area contributed by atoms with Gasteiger partial charge in [-0.3, -0.25) is 3.82 Å². The molecule has 0 heterocycles. The van der Waals surface area contributed by atoms with Crippen molar-refractivity contribution < 1.29 is 54.4 Å². The van der Waals surface area contributed by atoms with Gasteiger partial charge in [-0.2, -0.15) is 0 Å². The molecule has 16 heavy (non-hydrogen) atoms. The number of nitrogens with zero attached hydrogens (tertiary/aromatic N) is 1. The molecular weight excluding hydrogens is 269 g/mol. The van der Waals surface area contributed by atoms with Crippen LogP contribution in [-0.2, 0) is 10.0 Å². The summed E-state index contributed by atoms with van der Waals surface area (Å²) in [4.78, 5) is 0.134. The van der Waals surface area contributed by atoms with Gasteiger partial charge in [-0.1, -0.05) is 18.2 Å². The second-order valence-corrected chi connectivity index (χ2v) is 4.58. The Kier molecular flexibility index (Phi) is 16.5. The minimum atomic E-state index is -3.59. The Balaban J connectivity index is -0.000000180. The zero-order valence-corrected chi connectivity index (χ0v) is 12.2. The van der Waals surface area contributed by atoms with Crippen LogP contribution >= 0.6 is 11.8 Å². The molecule has 0 spiro atoms. The largest absolute Gasteiger partial charge is 1.00 e. The Morgan fingerprint density at radius 2 is 1.44 bits per heavy atom. The van der Waals surface area contributed by atoms with E-state index in [1.807, 2.05) is 0 Å². The Hall–Kier alpha value is 0.300. The van der Waals surface area contributed by atoms with E-state index in [0.717, 1.165) is 0 Å². The summed E-state index contributed by atoms with van der Waals surface area (Å²) >= 11 is 5.24. The number of benzene rings is 1. The van der Waals surface area contributed by atoms with Crippen molar-refractivity contribution >= 4 is 21.8 Å². The van der Waals surface area contributed by atoms with Crippen molar-refractivity contribution in [2.24, 2.45) is 0 Å². The van der Waals surface area contributed by atoms with Crippen molar-refractivity contribution in [2.75, 3.05) is 0 Å². The molecule has 0 saturated heterocycles. The third-order valence-electron chi connectivity index (χ3n) is 1.30. The fourth-order valence-electron chi connectivity index (χ4n) is 0.707. The van der Waals surface area contributed by atoms with E-state index in [9.17, 15) is 8.42 Å². The first kappa shape index (κ1) is 25.2. The summed E-state index contributed by atoms with van der Waals surface area (Å²) < 4.78 is 22.9. The molecule has 90 valence electrons. The van der Waals surface area contributed by atoms with Gasteiger partial charge in [0.2, 0.25) is 10.0 Å². The number of hydrogen-bond donors (Lipinski definition) is 0. The summed E-state index contributed by atoms with van der Waals surface area (Å²) in [5, 5.41) is 0. The fourth-order valence-corrected chi connectivity index (χ4v) is 1.68. The average molecular weight is 282 g/mol. The molecule has 0 radical (unpaired) electrons. The van der Waals surface area contributed by atoms with Gasteiger partial charge >= 0.3 is 29.6 Å². The van der Waals surface area contributed by atoms with Gasteiger partial charge in [0.15, 0.2) is 0 Å². The van der Waals surface area contributed by atoms with Gasteiger partial charge in [-0.05, 0) is 23.9 Å². The first-order valence-electron chi connectivity index (χ1n) is 3.12. The first-order chi connectivity index (χ1) is 5.55. The molecule has 6 nitrogen and oxygen atoms in total. The molecule has 0 aliphatic rings. The second-order valence-electron chi connectivity index (χ2n) is 2.11. The second kappa shape index (κ2) is 10.5. The molecule has 9 heteroatoms. The third kappa shape index (κ3) is 6.14. The van der Waals surface area contributed by atoms with E-state index >= 15 is 0 Å². The van der Waals surface area contributed by atoms with Crippen LogP contribution in [0.1, 0.15) is 0 Å². The maximum atomic E-state index is 11.3. The first-order valence-corrected chi connectivity index (χ1v) is 4.89. The van der Waals surface area contributed by atoms with Crippen LogP contribution in [0.4, 0.5) is 0 Å². The monoisotopic (exact) mass is 281 g/mol. The Labute approximate surface area is 122 Å². The molecule has 0 aromatic heterocycles. The van der Waals surface area contributed by atoms with E-state index in [1.165, 1.54) is 12.1 Å². The van der Waals surface area contributed by atoms with Crippen molar-refractivity contribution in [3.63, 3.8) is 0 Å². The van der Waals surface area contributed by atoms with Crippen LogP contribution in [0.15, 0.2) is 35.2 Å². The van der Waals surface area contributed by atoms with Crippen molar-refractivity contribution in [1.29, 1.82) is 0 Å². The van der Waals surface area contributed by atoms with E-state index < -0.39 is 10.0 Å². The minimum absolute atomic E-state index is 0. The summed E-state index contributed by atoms with van der Waals surface area (Å²) in [5.74, 6) is 0. The molecule has 0 unspecified atom stereocenters. The summed E-state index contributed by atoms with van der Waals surface area (Å²) in [6.07, 6.45) is 0. The molecule has 0 aliphatic heterocycles. The number of rotatable bonds is 2. The molecular formula is C7H13ClNNaO5S.